The molecule has 2 aromatic heterocycles. The van der Waals surface area contributed by atoms with E-state index in [4.69, 9.17) is 5.73 Å². The molecule has 0 saturated heterocycles. The number of fused-ring (bicyclic) bond motifs is 2. The molecule has 4 heteroatoms. The van der Waals surface area contributed by atoms with Crippen LogP contribution < -0.4 is 5.73 Å². The van der Waals surface area contributed by atoms with Crippen LogP contribution in [0.4, 0.5) is 0 Å². The van der Waals surface area contributed by atoms with Gasteiger partial charge in [0.05, 0.1) is 4.88 Å². The van der Waals surface area contributed by atoms with Gasteiger partial charge in [-0.05, 0) is 43.4 Å². The van der Waals surface area contributed by atoms with Gasteiger partial charge in [0.1, 0.15) is 4.83 Å². The van der Waals surface area contributed by atoms with Gasteiger partial charge in [-0.15, -0.1) is 11.3 Å². The van der Waals surface area contributed by atoms with Crippen molar-refractivity contribution in [2.75, 3.05) is 0 Å². The molecule has 1 aliphatic rings. The second kappa shape index (κ2) is 3.56. The van der Waals surface area contributed by atoms with Crippen LogP contribution in [0, 0.1) is 0 Å². The lowest BCUT2D eigenvalue weighted by Crippen LogP contribution is -2.07. The summed E-state index contributed by atoms with van der Waals surface area (Å²) >= 11 is 1.39. The number of rotatable bonds is 1. The molecule has 2 aromatic rings. The maximum atomic E-state index is 11.1. The number of thiophene rings is 1. The monoisotopic (exact) mass is 232 g/mol. The number of pyridine rings is 1. The summed E-state index contributed by atoms with van der Waals surface area (Å²) in [6.45, 7) is 0. The smallest absolute Gasteiger partial charge is 0.258 e. The Balaban J connectivity index is 2.20. The lowest BCUT2D eigenvalue weighted by atomic mass is 9.96. The molecule has 0 aromatic carbocycles. The van der Waals surface area contributed by atoms with Gasteiger partial charge < -0.3 is 5.73 Å². The molecular weight excluding hydrogens is 220 g/mol. The Morgan fingerprint density at radius 1 is 1.31 bits per heavy atom. The second-order valence-corrected chi connectivity index (χ2v) is 5.20. The first kappa shape index (κ1) is 9.78. The zero-order valence-corrected chi connectivity index (χ0v) is 9.64. The largest absolute Gasteiger partial charge is 0.365 e. The zero-order valence-electron chi connectivity index (χ0n) is 8.82. The first-order valence-corrected chi connectivity index (χ1v) is 6.28. The van der Waals surface area contributed by atoms with Crippen LogP contribution in [0.2, 0.25) is 0 Å². The normalized spacial score (nSPS) is 15.0. The molecule has 0 atom stereocenters. The number of aromatic nitrogens is 1. The third-order valence-corrected chi connectivity index (χ3v) is 4.09. The number of hydrogen-bond acceptors (Lipinski definition) is 3. The molecule has 1 aliphatic carbocycles. The Labute approximate surface area is 97.3 Å². The Hall–Kier alpha value is -1.42. The molecule has 0 fully saturated rings. The lowest BCUT2D eigenvalue weighted by molar-refractivity contribution is 0.100. The van der Waals surface area contributed by atoms with Gasteiger partial charge in [0.15, 0.2) is 0 Å². The molecule has 0 radical (unpaired) electrons. The Bertz CT molecular complexity index is 531. The third-order valence-electron chi connectivity index (χ3n) is 3.03. The number of carbonyl (C=O) groups is 1. The third kappa shape index (κ3) is 1.50. The zero-order chi connectivity index (χ0) is 11.1. The summed E-state index contributed by atoms with van der Waals surface area (Å²) in [5.74, 6) is -0.360. The van der Waals surface area contributed by atoms with E-state index in [0.717, 1.165) is 23.1 Å². The van der Waals surface area contributed by atoms with E-state index < -0.39 is 0 Å². The highest BCUT2D eigenvalue weighted by Gasteiger charge is 2.14. The highest BCUT2D eigenvalue weighted by atomic mass is 32.1. The van der Waals surface area contributed by atoms with Gasteiger partial charge in [-0.1, -0.05) is 0 Å². The van der Waals surface area contributed by atoms with Crippen LogP contribution in [-0.2, 0) is 12.8 Å². The molecular formula is C12H12N2OS. The van der Waals surface area contributed by atoms with E-state index in [9.17, 15) is 4.79 Å². The van der Waals surface area contributed by atoms with E-state index >= 15 is 0 Å². The summed E-state index contributed by atoms with van der Waals surface area (Å²) < 4.78 is 0. The minimum Gasteiger partial charge on any atom is -0.365 e. The quantitative estimate of drug-likeness (QED) is 0.820. The van der Waals surface area contributed by atoms with Gasteiger partial charge >= 0.3 is 0 Å². The number of carbonyl (C=O) groups excluding carboxylic acids is 1. The van der Waals surface area contributed by atoms with Crippen molar-refractivity contribution in [1.29, 1.82) is 0 Å². The highest BCUT2D eigenvalue weighted by Crippen LogP contribution is 2.29. The number of amides is 1. The lowest BCUT2D eigenvalue weighted by Gasteiger charge is -2.13. The van der Waals surface area contributed by atoms with Crippen molar-refractivity contribution >= 4 is 27.5 Å². The number of nitrogens with two attached hydrogens (primary N) is 1. The van der Waals surface area contributed by atoms with Gasteiger partial charge in [0.2, 0.25) is 0 Å². The summed E-state index contributed by atoms with van der Waals surface area (Å²) in [5, 5.41) is 1.06. The van der Waals surface area contributed by atoms with Gasteiger partial charge in [-0.25, -0.2) is 4.98 Å². The molecule has 0 aliphatic heterocycles. The number of primary amides is 1. The highest BCUT2D eigenvalue weighted by molar-refractivity contribution is 7.20. The summed E-state index contributed by atoms with van der Waals surface area (Å²) in [6, 6.07) is 4.02. The van der Waals surface area contributed by atoms with Crippen molar-refractivity contribution in [3.8, 4) is 0 Å². The first-order valence-electron chi connectivity index (χ1n) is 5.46. The summed E-state index contributed by atoms with van der Waals surface area (Å²) in [5.41, 5.74) is 7.82. The van der Waals surface area contributed by atoms with E-state index in [1.807, 2.05) is 6.07 Å². The molecule has 82 valence electrons. The van der Waals surface area contributed by atoms with Crippen molar-refractivity contribution in [1.82, 2.24) is 4.98 Å². The summed E-state index contributed by atoms with van der Waals surface area (Å²) in [4.78, 5) is 17.3. The molecule has 1 amide bonds. The number of hydrogen-bond donors (Lipinski definition) is 1. The molecule has 0 bridgehead atoms. The predicted octanol–water partition coefficient (Wildman–Crippen LogP) is 2.27. The van der Waals surface area contributed by atoms with Gasteiger partial charge in [0, 0.05) is 11.1 Å². The predicted molar refractivity (Wildman–Crippen MR) is 64.8 cm³/mol. The topological polar surface area (TPSA) is 56.0 Å². The fourth-order valence-electron chi connectivity index (χ4n) is 2.21. The molecule has 3 rings (SSSR count). The van der Waals surface area contributed by atoms with Crippen LogP contribution in [0.25, 0.3) is 10.2 Å². The van der Waals surface area contributed by atoms with Crippen molar-refractivity contribution in [3.63, 3.8) is 0 Å². The minimum absolute atomic E-state index is 0.360. The second-order valence-electron chi connectivity index (χ2n) is 4.17. The molecule has 2 N–H and O–H groups in total. The SMILES string of the molecule is NC(=O)c1cc2cc3c(nc2s1)CCCC3. The van der Waals surface area contributed by atoms with Crippen molar-refractivity contribution in [2.45, 2.75) is 25.7 Å². The molecule has 16 heavy (non-hydrogen) atoms. The minimum atomic E-state index is -0.360. The van der Waals surface area contributed by atoms with Crippen molar-refractivity contribution in [2.24, 2.45) is 5.73 Å². The molecule has 0 spiro atoms. The van der Waals surface area contributed by atoms with Crippen LogP contribution in [-0.4, -0.2) is 10.9 Å². The standard InChI is InChI=1S/C12H12N2OS/c13-11(15)10-6-8-5-7-3-1-2-4-9(7)14-12(8)16-10/h5-6H,1-4H2,(H2,13,15). The summed E-state index contributed by atoms with van der Waals surface area (Å²) in [7, 11) is 0. The molecule has 0 unspecified atom stereocenters. The number of nitrogens with zero attached hydrogens (tertiary/aromatic N) is 1. The van der Waals surface area contributed by atoms with Gasteiger partial charge in [-0.2, -0.15) is 0 Å². The van der Waals surface area contributed by atoms with Crippen LogP contribution in [0.15, 0.2) is 12.1 Å². The average molecular weight is 232 g/mol. The fourth-order valence-corrected chi connectivity index (χ4v) is 3.10. The van der Waals surface area contributed by atoms with E-state index in [2.05, 4.69) is 11.1 Å². The Morgan fingerprint density at radius 2 is 2.12 bits per heavy atom. The average Bonchev–Trinajstić information content (AvgIpc) is 2.68. The molecule has 3 nitrogen and oxygen atoms in total. The van der Waals surface area contributed by atoms with Crippen LogP contribution in [0.1, 0.15) is 33.8 Å². The fraction of sp³-hybridized carbons (Fsp3) is 0.333. The van der Waals surface area contributed by atoms with E-state index in [-0.39, 0.29) is 5.91 Å². The van der Waals surface area contributed by atoms with Crippen LogP contribution in [0.3, 0.4) is 0 Å². The molecule has 0 saturated carbocycles. The van der Waals surface area contributed by atoms with Crippen LogP contribution >= 0.6 is 11.3 Å². The first-order chi connectivity index (χ1) is 7.74. The summed E-state index contributed by atoms with van der Waals surface area (Å²) in [6.07, 6.45) is 4.64. The maximum Gasteiger partial charge on any atom is 0.258 e. The van der Waals surface area contributed by atoms with E-state index in [1.54, 1.807) is 0 Å². The molecule has 2 heterocycles. The van der Waals surface area contributed by atoms with Gasteiger partial charge in [0.25, 0.3) is 5.91 Å². The van der Waals surface area contributed by atoms with E-state index in [1.165, 1.54) is 35.4 Å². The number of aryl methyl sites for hydroxylation is 2. The van der Waals surface area contributed by atoms with Crippen LogP contribution in [0.5, 0.6) is 0 Å². The maximum absolute atomic E-state index is 11.1. The van der Waals surface area contributed by atoms with Crippen molar-refractivity contribution in [3.05, 3.63) is 28.3 Å². The Kier molecular flexibility index (Phi) is 2.17. The van der Waals surface area contributed by atoms with Gasteiger partial charge in [-0.3, -0.25) is 4.79 Å². The van der Waals surface area contributed by atoms with E-state index in [0.29, 0.717) is 4.88 Å². The Morgan fingerprint density at radius 3 is 2.94 bits per heavy atom. The van der Waals surface area contributed by atoms with Crippen molar-refractivity contribution < 1.29 is 4.79 Å².